The molecule has 0 spiro atoms. The molecule has 1 aliphatic heterocycles. The van der Waals surface area contributed by atoms with Gasteiger partial charge >= 0.3 is 6.18 Å². The maximum atomic E-state index is 12.8. The molecule has 186 valence electrons. The second-order valence-electron chi connectivity index (χ2n) is 7.83. The number of nitrogens with zero attached hydrogens (tertiary/aromatic N) is 3. The van der Waals surface area contributed by atoms with E-state index in [-0.39, 0.29) is 31.4 Å². The fourth-order valence-electron chi connectivity index (χ4n) is 3.29. The van der Waals surface area contributed by atoms with E-state index in [0.29, 0.717) is 11.4 Å². The van der Waals surface area contributed by atoms with Gasteiger partial charge in [-0.3, -0.25) is 14.4 Å². The zero-order valence-corrected chi connectivity index (χ0v) is 19.8. The molecule has 1 aromatic carbocycles. The summed E-state index contributed by atoms with van der Waals surface area (Å²) in [5.41, 5.74) is 1.21. The number of amides is 3. The lowest BCUT2D eigenvalue weighted by Gasteiger charge is -2.25. The summed E-state index contributed by atoms with van der Waals surface area (Å²) in [6, 6.07) is 8.65. The Bertz CT molecular complexity index is 937. The van der Waals surface area contributed by atoms with Gasteiger partial charge < -0.3 is 25.8 Å². The maximum absolute atomic E-state index is 12.8. The molecule has 0 aromatic heterocycles. The molecule has 1 aliphatic rings. The summed E-state index contributed by atoms with van der Waals surface area (Å²) in [6.07, 6.45) is -4.61. The average molecular weight is 501 g/mol. The minimum atomic E-state index is -4.61. The molecule has 2 rings (SSSR count). The van der Waals surface area contributed by atoms with Crippen LogP contribution in [0, 0.1) is 17.2 Å². The number of carbonyl (C=O) groups is 3. The molecule has 3 N–H and O–H groups in total. The maximum Gasteiger partial charge on any atom is 0.405 e. The molecule has 1 aromatic rings. The van der Waals surface area contributed by atoms with Crippen molar-refractivity contribution in [1.82, 2.24) is 15.1 Å². The van der Waals surface area contributed by atoms with Gasteiger partial charge in [0.05, 0.1) is 12.6 Å². The van der Waals surface area contributed by atoms with Crippen LogP contribution < -0.4 is 16.0 Å². The molecule has 0 saturated carbocycles. The fraction of sp³-hybridized carbons (Fsp3) is 0.524. The first-order chi connectivity index (χ1) is 15.9. The smallest absolute Gasteiger partial charge is 0.383 e. The first-order valence-electron chi connectivity index (χ1n) is 10.4. The van der Waals surface area contributed by atoms with Gasteiger partial charge in [0, 0.05) is 24.5 Å². The van der Waals surface area contributed by atoms with Gasteiger partial charge in [-0.1, -0.05) is 6.07 Å². The summed E-state index contributed by atoms with van der Waals surface area (Å²) >= 11 is 1.06. The number of nitrogens with one attached hydrogen (secondary N) is 3. The molecule has 0 bridgehead atoms. The van der Waals surface area contributed by atoms with E-state index in [2.05, 4.69) is 10.6 Å². The summed E-state index contributed by atoms with van der Waals surface area (Å²) in [4.78, 5) is 40.1. The highest BCUT2D eigenvalue weighted by molar-refractivity contribution is 8.01. The molecule has 0 aliphatic carbocycles. The largest absolute Gasteiger partial charge is 0.405 e. The second-order valence-corrected chi connectivity index (χ2v) is 9.15. The summed E-state index contributed by atoms with van der Waals surface area (Å²) in [6.45, 7) is 0.700. The van der Waals surface area contributed by atoms with Crippen molar-refractivity contribution >= 4 is 40.9 Å². The van der Waals surface area contributed by atoms with Crippen molar-refractivity contribution in [2.75, 3.05) is 50.9 Å². The molecule has 0 radical (unpaired) electrons. The first-order valence-corrected chi connectivity index (χ1v) is 11.4. The Labute approximate surface area is 200 Å². The van der Waals surface area contributed by atoms with Crippen LogP contribution in [0.5, 0.6) is 0 Å². The van der Waals surface area contributed by atoms with E-state index in [1.54, 1.807) is 61.6 Å². The number of alkyl halides is 3. The highest BCUT2D eigenvalue weighted by Gasteiger charge is 2.46. The lowest BCUT2D eigenvalue weighted by molar-refractivity contribution is -0.141. The number of benzene rings is 1. The highest BCUT2D eigenvalue weighted by atomic mass is 32.2. The summed E-state index contributed by atoms with van der Waals surface area (Å²) < 4.78 is 37.3. The average Bonchev–Trinajstić information content (AvgIpc) is 3.05. The van der Waals surface area contributed by atoms with Gasteiger partial charge in [-0.15, -0.1) is 11.8 Å². The number of hydrogen-bond donors (Lipinski definition) is 3. The van der Waals surface area contributed by atoms with Gasteiger partial charge in [0.15, 0.2) is 5.92 Å². The third kappa shape index (κ3) is 7.81. The Hall–Kier alpha value is -2.98. The van der Waals surface area contributed by atoms with Crippen molar-refractivity contribution in [2.24, 2.45) is 5.92 Å². The Morgan fingerprint density at radius 2 is 1.97 bits per heavy atom. The van der Waals surface area contributed by atoms with E-state index in [1.807, 2.05) is 0 Å². The Balaban J connectivity index is 2.03. The third-order valence-electron chi connectivity index (χ3n) is 4.78. The molecule has 1 saturated heterocycles. The summed E-state index contributed by atoms with van der Waals surface area (Å²) in [7, 11) is 3.55. The number of anilines is 2. The fourth-order valence-corrected chi connectivity index (χ4v) is 4.80. The standard InChI is InChI=1S/C21H27F3N6O3S/c1-4-30-19(33)16(34-20(30)15(9-25)18(32)27-12-21(22,23)24)10-26-13-6-5-7-14(8-13)28-17(31)11-29(2)3/h5-8,15-16,20,26H,4,10-12H2,1-3H3,(H,27,32)(H,28,31). The van der Waals surface area contributed by atoms with E-state index < -0.39 is 35.2 Å². The SMILES string of the molecule is CCN1C(=O)C(CNc2cccc(NC(=O)CN(C)C)c2)SC1C(C#N)C(=O)NCC(F)(F)F. The number of nitriles is 1. The lowest BCUT2D eigenvalue weighted by atomic mass is 10.1. The van der Waals surface area contributed by atoms with Crippen LogP contribution in [0.4, 0.5) is 24.5 Å². The molecule has 1 heterocycles. The normalized spacial score (nSPS) is 19.0. The van der Waals surface area contributed by atoms with Crippen LogP contribution in [-0.4, -0.2) is 84.6 Å². The van der Waals surface area contributed by atoms with Crippen molar-refractivity contribution in [1.29, 1.82) is 5.26 Å². The molecule has 9 nitrogen and oxygen atoms in total. The molecular formula is C21H27F3N6O3S. The van der Waals surface area contributed by atoms with Gasteiger partial charge in [-0.25, -0.2) is 0 Å². The Kier molecular flexibility index (Phi) is 9.57. The number of hydrogen-bond acceptors (Lipinski definition) is 7. The number of rotatable bonds is 10. The Morgan fingerprint density at radius 3 is 2.56 bits per heavy atom. The highest BCUT2D eigenvalue weighted by Crippen LogP contribution is 2.36. The van der Waals surface area contributed by atoms with E-state index in [9.17, 15) is 32.8 Å². The Morgan fingerprint density at radius 1 is 1.29 bits per heavy atom. The summed E-state index contributed by atoms with van der Waals surface area (Å²) in [5, 5.41) is 15.5. The van der Waals surface area contributed by atoms with Crippen molar-refractivity contribution < 1.29 is 27.6 Å². The molecule has 3 unspecified atom stereocenters. The predicted molar refractivity (Wildman–Crippen MR) is 123 cm³/mol. The minimum absolute atomic E-state index is 0.161. The van der Waals surface area contributed by atoms with E-state index in [1.165, 1.54) is 4.90 Å². The molecule has 34 heavy (non-hydrogen) atoms. The van der Waals surface area contributed by atoms with Crippen molar-refractivity contribution in [3.05, 3.63) is 24.3 Å². The molecule has 3 atom stereocenters. The van der Waals surface area contributed by atoms with Gasteiger partial charge in [-0.2, -0.15) is 18.4 Å². The van der Waals surface area contributed by atoms with Crippen molar-refractivity contribution in [3.63, 3.8) is 0 Å². The first kappa shape index (κ1) is 27.3. The van der Waals surface area contributed by atoms with Crippen LogP contribution in [0.3, 0.4) is 0 Å². The van der Waals surface area contributed by atoms with Crippen LogP contribution in [-0.2, 0) is 14.4 Å². The number of likely N-dealkylation sites (N-methyl/N-ethyl adjacent to an activating group) is 1. The van der Waals surface area contributed by atoms with Crippen LogP contribution in [0.25, 0.3) is 0 Å². The molecule has 3 amide bonds. The van der Waals surface area contributed by atoms with Gasteiger partial charge in [0.25, 0.3) is 0 Å². The van der Waals surface area contributed by atoms with Crippen LogP contribution >= 0.6 is 11.8 Å². The number of thioether (sulfide) groups is 1. The van der Waals surface area contributed by atoms with Crippen LogP contribution in [0.2, 0.25) is 0 Å². The number of halogens is 3. The molecule has 13 heteroatoms. The van der Waals surface area contributed by atoms with Crippen molar-refractivity contribution in [2.45, 2.75) is 23.7 Å². The van der Waals surface area contributed by atoms with Crippen LogP contribution in [0.15, 0.2) is 24.3 Å². The quantitative estimate of drug-likeness (QED) is 0.448. The van der Waals surface area contributed by atoms with Gasteiger partial charge in [0.2, 0.25) is 17.7 Å². The van der Waals surface area contributed by atoms with E-state index in [0.717, 1.165) is 11.8 Å². The van der Waals surface area contributed by atoms with E-state index in [4.69, 9.17) is 0 Å². The van der Waals surface area contributed by atoms with Gasteiger partial charge in [0.1, 0.15) is 17.2 Å². The topological polar surface area (TPSA) is 118 Å². The van der Waals surface area contributed by atoms with Crippen molar-refractivity contribution in [3.8, 4) is 6.07 Å². The van der Waals surface area contributed by atoms with Crippen LogP contribution in [0.1, 0.15) is 6.92 Å². The minimum Gasteiger partial charge on any atom is -0.383 e. The number of carbonyl (C=O) groups excluding carboxylic acids is 3. The predicted octanol–water partition coefficient (Wildman–Crippen LogP) is 1.71. The lowest BCUT2D eigenvalue weighted by Crippen LogP contribution is -2.45. The summed E-state index contributed by atoms with van der Waals surface area (Å²) in [5.74, 6) is -3.02. The second kappa shape index (κ2) is 11.9. The van der Waals surface area contributed by atoms with E-state index >= 15 is 0 Å². The third-order valence-corrected chi connectivity index (χ3v) is 6.28. The zero-order valence-electron chi connectivity index (χ0n) is 19.0. The van der Waals surface area contributed by atoms with Gasteiger partial charge in [-0.05, 0) is 39.2 Å². The zero-order chi connectivity index (χ0) is 25.5. The molecular weight excluding hydrogens is 473 g/mol. The molecule has 1 fully saturated rings. The monoisotopic (exact) mass is 500 g/mol.